The van der Waals surface area contributed by atoms with Gasteiger partial charge in [-0.15, -0.1) is 0 Å². The molecular formula is C20H25N3O. The molecule has 0 bridgehead atoms. The van der Waals surface area contributed by atoms with E-state index in [0.717, 1.165) is 32.7 Å². The van der Waals surface area contributed by atoms with Crippen LogP contribution in [-0.4, -0.2) is 55.5 Å². The quantitative estimate of drug-likeness (QED) is 0.846. The molecule has 1 aliphatic heterocycles. The molecule has 126 valence electrons. The van der Waals surface area contributed by atoms with Gasteiger partial charge in [0.05, 0.1) is 6.54 Å². The predicted octanol–water partition coefficient (Wildman–Crippen LogP) is 2.47. The lowest BCUT2D eigenvalue weighted by atomic mass is 10.2. The molecule has 4 heteroatoms. The van der Waals surface area contributed by atoms with Gasteiger partial charge in [0.1, 0.15) is 0 Å². The molecule has 0 atom stereocenters. The number of carbonyl (C=O) groups excluding carboxylic acids is 1. The van der Waals surface area contributed by atoms with Crippen molar-refractivity contribution in [2.24, 2.45) is 0 Å². The molecule has 1 aliphatic rings. The van der Waals surface area contributed by atoms with Crippen LogP contribution in [0.25, 0.3) is 0 Å². The van der Waals surface area contributed by atoms with Gasteiger partial charge in [-0.2, -0.15) is 0 Å². The highest BCUT2D eigenvalue weighted by atomic mass is 16.2. The van der Waals surface area contributed by atoms with E-state index in [1.54, 1.807) is 0 Å². The van der Waals surface area contributed by atoms with E-state index >= 15 is 0 Å². The molecule has 0 N–H and O–H groups in total. The first-order valence-corrected chi connectivity index (χ1v) is 8.52. The highest BCUT2D eigenvalue weighted by Gasteiger charge is 2.21. The minimum atomic E-state index is 0.223. The highest BCUT2D eigenvalue weighted by Crippen LogP contribution is 2.15. The molecule has 0 radical (unpaired) electrons. The molecule has 0 aromatic heterocycles. The number of piperazine rings is 1. The van der Waals surface area contributed by atoms with Gasteiger partial charge in [-0.05, 0) is 24.7 Å². The lowest BCUT2D eigenvalue weighted by molar-refractivity contribution is -0.132. The summed E-state index contributed by atoms with van der Waals surface area (Å²) in [7, 11) is 2.01. The Morgan fingerprint density at radius 2 is 1.50 bits per heavy atom. The van der Waals surface area contributed by atoms with Gasteiger partial charge in [-0.1, -0.05) is 48.5 Å². The van der Waals surface area contributed by atoms with Crippen LogP contribution in [0.15, 0.2) is 60.7 Å². The van der Waals surface area contributed by atoms with Gasteiger partial charge < -0.3 is 9.80 Å². The van der Waals surface area contributed by atoms with E-state index in [0.29, 0.717) is 6.54 Å². The van der Waals surface area contributed by atoms with Crippen molar-refractivity contribution in [3.63, 3.8) is 0 Å². The van der Waals surface area contributed by atoms with Gasteiger partial charge in [0.15, 0.2) is 0 Å². The van der Waals surface area contributed by atoms with Gasteiger partial charge in [-0.25, -0.2) is 0 Å². The van der Waals surface area contributed by atoms with Crippen LogP contribution in [0, 0.1) is 0 Å². The summed E-state index contributed by atoms with van der Waals surface area (Å²) in [6.45, 7) is 4.67. The number of amides is 1. The van der Waals surface area contributed by atoms with E-state index in [1.807, 2.05) is 36.2 Å². The van der Waals surface area contributed by atoms with Crippen molar-refractivity contribution in [1.82, 2.24) is 9.80 Å². The van der Waals surface area contributed by atoms with Gasteiger partial charge in [-0.3, -0.25) is 9.69 Å². The largest absolute Gasteiger partial charge is 0.368 e. The Kier molecular flexibility index (Phi) is 5.49. The third-order valence-electron chi connectivity index (χ3n) is 4.45. The van der Waals surface area contributed by atoms with Gasteiger partial charge in [0.2, 0.25) is 5.91 Å². The monoisotopic (exact) mass is 323 g/mol. The Morgan fingerprint density at radius 3 is 2.12 bits per heavy atom. The molecule has 1 heterocycles. The van der Waals surface area contributed by atoms with Crippen molar-refractivity contribution >= 4 is 11.6 Å². The minimum Gasteiger partial charge on any atom is -0.368 e. The van der Waals surface area contributed by atoms with Crippen molar-refractivity contribution in [2.75, 3.05) is 44.7 Å². The summed E-state index contributed by atoms with van der Waals surface area (Å²) in [6, 6.07) is 20.7. The zero-order valence-electron chi connectivity index (χ0n) is 14.3. The van der Waals surface area contributed by atoms with E-state index in [-0.39, 0.29) is 5.91 Å². The number of nitrogens with zero attached hydrogens (tertiary/aromatic N) is 3. The lowest BCUT2D eigenvalue weighted by Crippen LogP contribution is -2.51. The van der Waals surface area contributed by atoms with Gasteiger partial charge in [0, 0.05) is 38.4 Å². The van der Waals surface area contributed by atoms with Crippen molar-refractivity contribution in [3.8, 4) is 0 Å². The van der Waals surface area contributed by atoms with Crippen molar-refractivity contribution in [1.29, 1.82) is 0 Å². The fourth-order valence-corrected chi connectivity index (χ4v) is 3.13. The molecule has 0 spiro atoms. The average molecular weight is 323 g/mol. The Hall–Kier alpha value is -2.33. The SMILES string of the molecule is CN(CC(=O)N1CCN(c2ccccc2)CC1)Cc1ccccc1. The van der Waals surface area contributed by atoms with Crippen LogP contribution in [-0.2, 0) is 11.3 Å². The van der Waals surface area contributed by atoms with E-state index in [1.165, 1.54) is 11.3 Å². The average Bonchev–Trinajstić information content (AvgIpc) is 2.63. The fraction of sp³-hybridized carbons (Fsp3) is 0.350. The molecule has 0 saturated carbocycles. The van der Waals surface area contributed by atoms with Gasteiger partial charge in [0.25, 0.3) is 0 Å². The van der Waals surface area contributed by atoms with Crippen LogP contribution in [0.3, 0.4) is 0 Å². The Bertz CT molecular complexity index is 636. The highest BCUT2D eigenvalue weighted by molar-refractivity contribution is 5.78. The zero-order chi connectivity index (χ0) is 16.8. The Morgan fingerprint density at radius 1 is 0.917 bits per heavy atom. The number of likely N-dealkylation sites (N-methyl/N-ethyl adjacent to an activating group) is 1. The maximum Gasteiger partial charge on any atom is 0.236 e. The molecule has 0 aliphatic carbocycles. The summed E-state index contributed by atoms with van der Waals surface area (Å²) >= 11 is 0. The van der Waals surface area contributed by atoms with Crippen molar-refractivity contribution < 1.29 is 4.79 Å². The number of hydrogen-bond acceptors (Lipinski definition) is 3. The maximum absolute atomic E-state index is 12.5. The second-order valence-corrected chi connectivity index (χ2v) is 6.36. The molecule has 2 aromatic carbocycles. The number of para-hydroxylation sites is 1. The lowest BCUT2D eigenvalue weighted by Gasteiger charge is -2.36. The van der Waals surface area contributed by atoms with E-state index in [4.69, 9.17) is 0 Å². The van der Waals surface area contributed by atoms with E-state index in [9.17, 15) is 4.79 Å². The number of benzene rings is 2. The predicted molar refractivity (Wildman–Crippen MR) is 98.0 cm³/mol. The van der Waals surface area contributed by atoms with Crippen LogP contribution < -0.4 is 4.90 Å². The topological polar surface area (TPSA) is 26.8 Å². The standard InChI is InChI=1S/C20H25N3O/c1-21(16-18-8-4-2-5-9-18)17-20(24)23-14-12-22(13-15-23)19-10-6-3-7-11-19/h2-11H,12-17H2,1H3. The van der Waals surface area contributed by atoms with Crippen molar-refractivity contribution in [3.05, 3.63) is 66.2 Å². The maximum atomic E-state index is 12.5. The first-order chi connectivity index (χ1) is 11.7. The van der Waals surface area contributed by atoms with Crippen LogP contribution in [0.5, 0.6) is 0 Å². The summed E-state index contributed by atoms with van der Waals surface area (Å²) < 4.78 is 0. The molecule has 3 rings (SSSR count). The molecule has 0 unspecified atom stereocenters. The number of hydrogen-bond donors (Lipinski definition) is 0. The van der Waals surface area contributed by atoms with Crippen molar-refractivity contribution in [2.45, 2.75) is 6.54 Å². The Balaban J connectivity index is 1.47. The van der Waals surface area contributed by atoms with E-state index < -0.39 is 0 Å². The van der Waals surface area contributed by atoms with Crippen LogP contribution >= 0.6 is 0 Å². The molecule has 1 amide bonds. The third-order valence-corrected chi connectivity index (χ3v) is 4.45. The first-order valence-electron chi connectivity index (χ1n) is 8.52. The van der Waals surface area contributed by atoms with E-state index in [2.05, 4.69) is 46.2 Å². The molecule has 2 aromatic rings. The fourth-order valence-electron chi connectivity index (χ4n) is 3.13. The van der Waals surface area contributed by atoms with Crippen LogP contribution in [0.1, 0.15) is 5.56 Å². The molecule has 1 fully saturated rings. The number of carbonyl (C=O) groups is 1. The number of rotatable bonds is 5. The summed E-state index contributed by atoms with van der Waals surface area (Å²) in [6.07, 6.45) is 0. The summed E-state index contributed by atoms with van der Waals surface area (Å²) in [5.41, 5.74) is 2.48. The van der Waals surface area contributed by atoms with Gasteiger partial charge >= 0.3 is 0 Å². The molecular weight excluding hydrogens is 298 g/mol. The van der Waals surface area contributed by atoms with Crippen LogP contribution in [0.2, 0.25) is 0 Å². The summed E-state index contributed by atoms with van der Waals surface area (Å²) in [4.78, 5) is 18.9. The first kappa shape index (κ1) is 16.5. The number of anilines is 1. The second kappa shape index (κ2) is 7.97. The normalized spacial score (nSPS) is 14.9. The molecule has 24 heavy (non-hydrogen) atoms. The summed E-state index contributed by atoms with van der Waals surface area (Å²) in [5, 5.41) is 0. The zero-order valence-corrected chi connectivity index (χ0v) is 14.3. The second-order valence-electron chi connectivity index (χ2n) is 6.36. The van der Waals surface area contributed by atoms with Crippen LogP contribution in [0.4, 0.5) is 5.69 Å². The molecule has 1 saturated heterocycles. The third kappa shape index (κ3) is 4.36. The Labute approximate surface area is 144 Å². The summed E-state index contributed by atoms with van der Waals surface area (Å²) in [5.74, 6) is 0.223. The smallest absolute Gasteiger partial charge is 0.236 e. The minimum absolute atomic E-state index is 0.223. The molecule has 4 nitrogen and oxygen atoms in total.